The molecule has 0 spiro atoms. The maximum Gasteiger partial charge on any atom is 0.277 e. The van der Waals surface area contributed by atoms with Crippen LogP contribution in [0.15, 0.2) is 33.8 Å². The van der Waals surface area contributed by atoms with Gasteiger partial charge in [-0.3, -0.25) is 9.36 Å². The number of rotatable bonds is 4. The van der Waals surface area contributed by atoms with E-state index in [1.165, 1.54) is 4.90 Å². The summed E-state index contributed by atoms with van der Waals surface area (Å²) in [4.78, 5) is 21.6. The van der Waals surface area contributed by atoms with Crippen LogP contribution in [0.4, 0.5) is 0 Å². The molecule has 0 radical (unpaired) electrons. The van der Waals surface area contributed by atoms with E-state index in [-0.39, 0.29) is 5.56 Å². The number of benzene rings is 1. The van der Waals surface area contributed by atoms with E-state index in [4.69, 9.17) is 0 Å². The highest BCUT2D eigenvalue weighted by molar-refractivity contribution is 9.10. The number of fused-ring (bicyclic) bond motifs is 3. The summed E-state index contributed by atoms with van der Waals surface area (Å²) in [5, 5.41) is 0.973. The fraction of sp³-hybridized carbons (Fsp3) is 0.333. The third kappa shape index (κ3) is 2.73. The van der Waals surface area contributed by atoms with Gasteiger partial charge >= 0.3 is 0 Å². The minimum atomic E-state index is 0.000999. The number of halogens is 1. The molecule has 5 nitrogen and oxygen atoms in total. The molecule has 110 valence electrons. The molecule has 0 saturated carbocycles. The lowest BCUT2D eigenvalue weighted by Gasteiger charge is -2.08. The lowest BCUT2D eigenvalue weighted by atomic mass is 10.2. The first kappa shape index (κ1) is 14.3. The number of nitrogens with zero attached hydrogens (tertiary/aromatic N) is 2. The van der Waals surface area contributed by atoms with Gasteiger partial charge in [0.15, 0.2) is 0 Å². The Balaban J connectivity index is 2.04. The summed E-state index contributed by atoms with van der Waals surface area (Å²) in [7, 11) is 4.22. The average molecular weight is 350 g/mol. The molecule has 0 amide bonds. The van der Waals surface area contributed by atoms with Crippen LogP contribution in [-0.2, 0) is 6.54 Å². The fourth-order valence-electron chi connectivity index (χ4n) is 2.52. The van der Waals surface area contributed by atoms with Gasteiger partial charge in [0.05, 0.1) is 27.0 Å². The molecule has 21 heavy (non-hydrogen) atoms. The second-order valence-electron chi connectivity index (χ2n) is 5.59. The van der Waals surface area contributed by atoms with E-state index in [1.807, 2.05) is 18.2 Å². The maximum atomic E-state index is 12.5. The van der Waals surface area contributed by atoms with Crippen LogP contribution < -0.4 is 10.5 Å². The van der Waals surface area contributed by atoms with E-state index < -0.39 is 0 Å². The van der Waals surface area contributed by atoms with E-state index in [0.29, 0.717) is 12.1 Å². The van der Waals surface area contributed by atoms with Gasteiger partial charge in [-0.1, -0.05) is 15.9 Å². The molecule has 0 saturated heterocycles. The highest BCUT2D eigenvalue weighted by atomic mass is 79.9. The van der Waals surface area contributed by atoms with E-state index in [2.05, 4.69) is 40.0 Å². The van der Waals surface area contributed by atoms with Gasteiger partial charge in [-0.15, -0.1) is 0 Å². The number of hydrogen-bond donors (Lipinski definition) is 2. The molecular formula is C15H18BrN4O+. The van der Waals surface area contributed by atoms with Crippen molar-refractivity contribution in [2.24, 2.45) is 0 Å². The number of nitrogens with one attached hydrogen (secondary N) is 2. The zero-order chi connectivity index (χ0) is 15.0. The molecule has 2 aromatic heterocycles. The first-order valence-electron chi connectivity index (χ1n) is 7.01. The van der Waals surface area contributed by atoms with Crippen LogP contribution in [0.5, 0.6) is 0 Å². The Bertz CT molecular complexity index is 850. The topological polar surface area (TPSA) is 55.1 Å². The Hall–Kier alpha value is -1.66. The highest BCUT2D eigenvalue weighted by Crippen LogP contribution is 2.24. The minimum absolute atomic E-state index is 0.000999. The van der Waals surface area contributed by atoms with Crippen molar-refractivity contribution < 1.29 is 4.90 Å². The van der Waals surface area contributed by atoms with Crippen molar-refractivity contribution in [3.63, 3.8) is 0 Å². The van der Waals surface area contributed by atoms with Crippen LogP contribution in [0.25, 0.3) is 21.9 Å². The van der Waals surface area contributed by atoms with Crippen LogP contribution in [0.1, 0.15) is 6.42 Å². The number of aromatic nitrogens is 3. The molecule has 0 aliphatic heterocycles. The average Bonchev–Trinajstić information content (AvgIpc) is 2.80. The van der Waals surface area contributed by atoms with Crippen LogP contribution in [0, 0.1) is 0 Å². The molecule has 2 heterocycles. The zero-order valence-corrected chi connectivity index (χ0v) is 13.7. The SMILES string of the molecule is C[NH+](C)CCCn1cnc2c([nH]c3ccc(Br)cc32)c1=O. The monoisotopic (exact) mass is 349 g/mol. The second-order valence-corrected chi connectivity index (χ2v) is 6.51. The predicted molar refractivity (Wildman–Crippen MR) is 87.9 cm³/mol. The summed E-state index contributed by atoms with van der Waals surface area (Å²) in [5.74, 6) is 0. The summed E-state index contributed by atoms with van der Waals surface area (Å²) in [5.41, 5.74) is 2.27. The molecular weight excluding hydrogens is 332 g/mol. The van der Waals surface area contributed by atoms with E-state index >= 15 is 0 Å². The number of H-pyrrole nitrogens is 1. The van der Waals surface area contributed by atoms with Crippen LogP contribution >= 0.6 is 15.9 Å². The van der Waals surface area contributed by atoms with Gasteiger partial charge in [-0.05, 0) is 18.2 Å². The lowest BCUT2D eigenvalue weighted by molar-refractivity contribution is -0.858. The van der Waals surface area contributed by atoms with E-state index in [0.717, 1.165) is 33.9 Å². The quantitative estimate of drug-likeness (QED) is 0.742. The van der Waals surface area contributed by atoms with Crippen molar-refractivity contribution in [2.75, 3.05) is 20.6 Å². The third-order valence-corrected chi connectivity index (χ3v) is 4.10. The van der Waals surface area contributed by atoms with Crippen LogP contribution in [0.3, 0.4) is 0 Å². The molecule has 0 fully saturated rings. The van der Waals surface area contributed by atoms with Crippen LogP contribution in [0.2, 0.25) is 0 Å². The summed E-state index contributed by atoms with van der Waals surface area (Å²) >= 11 is 3.46. The van der Waals surface area contributed by atoms with Crippen molar-refractivity contribution >= 4 is 37.9 Å². The third-order valence-electron chi connectivity index (χ3n) is 3.61. The fourth-order valence-corrected chi connectivity index (χ4v) is 2.89. The maximum absolute atomic E-state index is 12.5. The number of quaternary nitrogens is 1. The molecule has 3 aromatic rings. The summed E-state index contributed by atoms with van der Waals surface area (Å²) < 4.78 is 2.67. The van der Waals surface area contributed by atoms with Crippen molar-refractivity contribution in [2.45, 2.75) is 13.0 Å². The van der Waals surface area contributed by atoms with Gasteiger partial charge in [-0.2, -0.15) is 0 Å². The first-order chi connectivity index (χ1) is 10.1. The largest absolute Gasteiger partial charge is 0.349 e. The van der Waals surface area contributed by atoms with Gasteiger partial charge in [0.1, 0.15) is 11.0 Å². The van der Waals surface area contributed by atoms with E-state index in [9.17, 15) is 4.79 Å². The standard InChI is InChI=1S/C15H17BrN4O/c1-19(2)6-3-7-20-9-17-13-11-8-10(16)4-5-12(11)18-14(13)15(20)21/h4-5,8-9,18H,3,6-7H2,1-2H3/p+1. The minimum Gasteiger partial charge on any atom is -0.349 e. The van der Waals surface area contributed by atoms with Crippen LogP contribution in [-0.4, -0.2) is 35.2 Å². The van der Waals surface area contributed by atoms with Crippen molar-refractivity contribution in [1.29, 1.82) is 0 Å². The number of hydrogen-bond acceptors (Lipinski definition) is 2. The van der Waals surface area contributed by atoms with Gasteiger partial charge in [0, 0.05) is 28.3 Å². The predicted octanol–water partition coefficient (Wildman–Crippen LogP) is 1.17. The lowest BCUT2D eigenvalue weighted by Crippen LogP contribution is -3.05. The molecule has 0 aliphatic carbocycles. The Labute approximate surface area is 130 Å². The van der Waals surface area contributed by atoms with Gasteiger partial charge in [0.25, 0.3) is 5.56 Å². The molecule has 0 unspecified atom stereocenters. The Morgan fingerprint density at radius 2 is 2.19 bits per heavy atom. The molecule has 3 rings (SSSR count). The summed E-state index contributed by atoms with van der Waals surface area (Å²) in [6.07, 6.45) is 2.62. The molecule has 0 bridgehead atoms. The van der Waals surface area contributed by atoms with E-state index in [1.54, 1.807) is 10.9 Å². The molecule has 0 aliphatic rings. The molecule has 0 atom stereocenters. The second kappa shape index (κ2) is 5.61. The molecule has 1 aromatic carbocycles. The Morgan fingerprint density at radius 1 is 1.38 bits per heavy atom. The number of aryl methyl sites for hydroxylation is 1. The van der Waals surface area contributed by atoms with Crippen molar-refractivity contribution in [3.05, 3.63) is 39.4 Å². The molecule has 2 N–H and O–H groups in total. The van der Waals surface area contributed by atoms with Gasteiger partial charge in [-0.25, -0.2) is 4.98 Å². The van der Waals surface area contributed by atoms with Crippen molar-refractivity contribution in [3.8, 4) is 0 Å². The first-order valence-corrected chi connectivity index (χ1v) is 7.81. The molecule has 6 heteroatoms. The summed E-state index contributed by atoms with van der Waals surface area (Å²) in [6, 6.07) is 5.90. The summed E-state index contributed by atoms with van der Waals surface area (Å²) in [6.45, 7) is 1.73. The Kier molecular flexibility index (Phi) is 3.82. The Morgan fingerprint density at radius 3 is 2.95 bits per heavy atom. The van der Waals surface area contributed by atoms with Gasteiger partial charge in [0.2, 0.25) is 0 Å². The van der Waals surface area contributed by atoms with Crippen molar-refractivity contribution in [1.82, 2.24) is 14.5 Å². The zero-order valence-electron chi connectivity index (χ0n) is 12.1. The highest BCUT2D eigenvalue weighted by Gasteiger charge is 2.11. The normalized spacial score (nSPS) is 11.8. The van der Waals surface area contributed by atoms with Gasteiger partial charge < -0.3 is 9.88 Å². The number of aromatic amines is 1. The smallest absolute Gasteiger partial charge is 0.277 e.